The Balaban J connectivity index is 1.45. The normalized spacial score (nSPS) is 14.6. The minimum atomic E-state index is -0.219. The van der Waals surface area contributed by atoms with Gasteiger partial charge in [-0.2, -0.15) is 0 Å². The van der Waals surface area contributed by atoms with Gasteiger partial charge in [0.25, 0.3) is 0 Å². The average molecular weight is 508 g/mol. The zero-order valence-corrected chi connectivity index (χ0v) is 21.3. The molecule has 1 atom stereocenters. The number of nitrogens with two attached hydrogens (primary N) is 1. The van der Waals surface area contributed by atoms with Crippen molar-refractivity contribution in [2.24, 2.45) is 0 Å². The first-order chi connectivity index (χ1) is 17.9. The van der Waals surface area contributed by atoms with Gasteiger partial charge < -0.3 is 15.2 Å². The molecule has 6 rings (SSSR count). The number of nitrogen functional groups attached to an aromatic ring is 1. The minimum absolute atomic E-state index is 0.0859. The molecule has 0 spiro atoms. The van der Waals surface area contributed by atoms with E-state index in [4.69, 9.17) is 5.73 Å². The molecule has 0 radical (unpaired) electrons. The molecule has 5 aromatic rings. The van der Waals surface area contributed by atoms with Gasteiger partial charge in [0.2, 0.25) is 0 Å². The van der Waals surface area contributed by atoms with E-state index >= 15 is 0 Å². The number of hydrogen-bond acceptors (Lipinski definition) is 5. The number of pyridine rings is 1. The smallest absolute Gasteiger partial charge is 0.328 e. The maximum atomic E-state index is 13.9. The fourth-order valence-corrected chi connectivity index (χ4v) is 6.21. The summed E-state index contributed by atoms with van der Waals surface area (Å²) in [5.41, 5.74) is 12.5. The molecule has 37 heavy (non-hydrogen) atoms. The average Bonchev–Trinajstić information content (AvgIpc) is 3.61. The van der Waals surface area contributed by atoms with Gasteiger partial charge in [0, 0.05) is 78.1 Å². The molecule has 3 aromatic heterocycles. The van der Waals surface area contributed by atoms with Gasteiger partial charge in [0.1, 0.15) is 5.37 Å². The van der Waals surface area contributed by atoms with Crippen molar-refractivity contribution >= 4 is 40.2 Å². The molecular formula is C29H25N5O2S. The third-order valence-electron chi connectivity index (χ3n) is 6.73. The van der Waals surface area contributed by atoms with Crippen molar-refractivity contribution in [3.05, 3.63) is 108 Å². The predicted octanol–water partition coefficient (Wildman–Crippen LogP) is 5.64. The second kappa shape index (κ2) is 8.97. The van der Waals surface area contributed by atoms with E-state index in [0.29, 0.717) is 22.3 Å². The summed E-state index contributed by atoms with van der Waals surface area (Å²) in [5, 5.41) is 0.824. The minimum Gasteiger partial charge on any atom is -0.399 e. The number of carbonyl (C=O) groups excluding carboxylic acids is 2. The molecule has 1 aliphatic heterocycles. The van der Waals surface area contributed by atoms with Gasteiger partial charge in [0.15, 0.2) is 5.78 Å². The second-order valence-corrected chi connectivity index (χ2v) is 10.4. The Morgan fingerprint density at radius 2 is 1.86 bits per heavy atom. The third-order valence-corrected chi connectivity index (χ3v) is 7.98. The van der Waals surface area contributed by atoms with Crippen molar-refractivity contribution < 1.29 is 9.59 Å². The molecule has 0 unspecified atom stereocenters. The maximum absolute atomic E-state index is 13.9. The second-order valence-electron chi connectivity index (χ2n) is 9.31. The lowest BCUT2D eigenvalue weighted by Gasteiger charge is -2.12. The summed E-state index contributed by atoms with van der Waals surface area (Å²) >= 11 is 1.77. The van der Waals surface area contributed by atoms with Crippen LogP contribution in [0.3, 0.4) is 0 Å². The molecule has 4 heterocycles. The van der Waals surface area contributed by atoms with Crippen molar-refractivity contribution in [1.29, 1.82) is 0 Å². The molecule has 2 N–H and O–H groups in total. The van der Waals surface area contributed by atoms with Crippen molar-refractivity contribution in [2.45, 2.75) is 11.1 Å². The Labute approximate surface area is 218 Å². The summed E-state index contributed by atoms with van der Waals surface area (Å²) in [6.07, 6.45) is 7.27. The molecule has 0 aliphatic carbocycles. The third kappa shape index (κ3) is 3.90. The van der Waals surface area contributed by atoms with E-state index in [-0.39, 0.29) is 17.2 Å². The lowest BCUT2D eigenvalue weighted by Crippen LogP contribution is -2.26. The number of rotatable bonds is 4. The fraction of sp³-hybridized carbons (Fsp3) is 0.138. The Bertz CT molecular complexity index is 1670. The molecule has 1 aliphatic rings. The van der Waals surface area contributed by atoms with Gasteiger partial charge in [-0.15, -0.1) is 11.8 Å². The van der Waals surface area contributed by atoms with E-state index in [2.05, 4.69) is 15.6 Å². The molecule has 7 nitrogen and oxygen atoms in total. The molecule has 0 saturated heterocycles. The molecule has 1 amide bonds. The van der Waals surface area contributed by atoms with Crippen LogP contribution in [0.1, 0.15) is 32.6 Å². The Kier molecular flexibility index (Phi) is 5.61. The number of aromatic nitrogens is 3. The number of amides is 1. The Morgan fingerprint density at radius 1 is 1.03 bits per heavy atom. The lowest BCUT2D eigenvalue weighted by molar-refractivity contribution is 0.103. The van der Waals surface area contributed by atoms with Crippen LogP contribution in [0.4, 0.5) is 10.5 Å². The highest BCUT2D eigenvalue weighted by Crippen LogP contribution is 2.42. The largest absolute Gasteiger partial charge is 0.399 e. The van der Waals surface area contributed by atoms with Gasteiger partial charge in [-0.1, -0.05) is 30.3 Å². The van der Waals surface area contributed by atoms with Crippen LogP contribution in [-0.2, 0) is 5.75 Å². The monoisotopic (exact) mass is 507 g/mol. The molecule has 2 aromatic carbocycles. The van der Waals surface area contributed by atoms with Gasteiger partial charge in [-0.3, -0.25) is 14.3 Å². The summed E-state index contributed by atoms with van der Waals surface area (Å²) in [7, 11) is 3.40. The number of ketones is 1. The summed E-state index contributed by atoms with van der Waals surface area (Å²) in [6.45, 7) is 0. The van der Waals surface area contributed by atoms with Crippen LogP contribution >= 0.6 is 11.8 Å². The number of nitrogens with zero attached hydrogens (tertiary/aromatic N) is 4. The summed E-state index contributed by atoms with van der Waals surface area (Å²) in [4.78, 5) is 32.8. The lowest BCUT2D eigenvalue weighted by atomic mass is 10.00. The van der Waals surface area contributed by atoms with Crippen molar-refractivity contribution in [3.63, 3.8) is 0 Å². The Morgan fingerprint density at radius 3 is 2.62 bits per heavy atom. The Hall–Kier alpha value is -4.30. The van der Waals surface area contributed by atoms with E-state index in [1.54, 1.807) is 42.8 Å². The van der Waals surface area contributed by atoms with E-state index in [1.165, 1.54) is 4.90 Å². The summed E-state index contributed by atoms with van der Waals surface area (Å²) in [6, 6.07) is 19.1. The first kappa shape index (κ1) is 23.1. The van der Waals surface area contributed by atoms with Crippen LogP contribution in [0.2, 0.25) is 0 Å². The van der Waals surface area contributed by atoms with Gasteiger partial charge in [0.05, 0.1) is 5.52 Å². The molecule has 0 bridgehead atoms. The van der Waals surface area contributed by atoms with Gasteiger partial charge in [-0.25, -0.2) is 4.79 Å². The van der Waals surface area contributed by atoms with Crippen LogP contribution in [0.5, 0.6) is 0 Å². The number of carbonyl (C=O) groups is 2. The van der Waals surface area contributed by atoms with Crippen LogP contribution in [0.25, 0.3) is 22.0 Å². The number of hydrogen-bond donors (Lipinski definition) is 1. The van der Waals surface area contributed by atoms with E-state index in [1.807, 2.05) is 67.0 Å². The maximum Gasteiger partial charge on any atom is 0.328 e. The van der Waals surface area contributed by atoms with Crippen LogP contribution in [0.15, 0.2) is 85.5 Å². The first-order valence-electron chi connectivity index (χ1n) is 11.9. The van der Waals surface area contributed by atoms with E-state index < -0.39 is 0 Å². The molecule has 0 saturated carbocycles. The highest BCUT2D eigenvalue weighted by molar-refractivity contribution is 7.99. The molecule has 0 fully saturated rings. The zero-order chi connectivity index (χ0) is 25.7. The van der Waals surface area contributed by atoms with Crippen molar-refractivity contribution in [1.82, 2.24) is 19.0 Å². The quantitative estimate of drug-likeness (QED) is 0.251. The number of anilines is 1. The highest BCUT2D eigenvalue weighted by atomic mass is 32.2. The summed E-state index contributed by atoms with van der Waals surface area (Å²) < 4.78 is 3.71. The molecule has 8 heteroatoms. The van der Waals surface area contributed by atoms with E-state index in [9.17, 15) is 9.59 Å². The van der Waals surface area contributed by atoms with Gasteiger partial charge >= 0.3 is 6.03 Å². The van der Waals surface area contributed by atoms with Crippen molar-refractivity contribution in [2.75, 3.05) is 19.8 Å². The topological polar surface area (TPSA) is 86.2 Å². The SMILES string of the molecule is CN(C)C(=O)n1cc(C(=O)c2ccn3c2CS[C@@H]3c2cccnc2)c2ccc(-c3cccc(N)c3)cc21. The zero-order valence-electron chi connectivity index (χ0n) is 20.5. The number of thioether (sulfide) groups is 1. The fourth-order valence-electron chi connectivity index (χ4n) is 4.90. The molecular weight excluding hydrogens is 482 g/mol. The van der Waals surface area contributed by atoms with Crippen LogP contribution in [-0.4, -0.2) is 44.9 Å². The molecule has 184 valence electrons. The van der Waals surface area contributed by atoms with Crippen LogP contribution < -0.4 is 5.73 Å². The number of benzene rings is 2. The highest BCUT2D eigenvalue weighted by Gasteiger charge is 2.30. The van der Waals surface area contributed by atoms with Crippen molar-refractivity contribution in [3.8, 4) is 11.1 Å². The first-order valence-corrected chi connectivity index (χ1v) is 13.0. The van der Waals surface area contributed by atoms with E-state index in [0.717, 1.165) is 33.5 Å². The number of fused-ring (bicyclic) bond motifs is 2. The van der Waals surface area contributed by atoms with Crippen LogP contribution in [0, 0.1) is 0 Å². The predicted molar refractivity (Wildman–Crippen MR) is 148 cm³/mol. The summed E-state index contributed by atoms with van der Waals surface area (Å²) in [5.74, 6) is 0.635. The standard InChI is InChI=1S/C29H25N5O2S/c1-32(2)29(36)34-16-24(22-9-8-19(14-25(22)34)18-5-3-7-21(30)13-18)27(35)23-10-12-33-26(23)17-37-28(33)20-6-4-11-31-15-20/h3-16,28H,17,30H2,1-2H3/t28-/m1/s1. The van der Waals surface area contributed by atoms with Gasteiger partial charge in [-0.05, 0) is 41.5 Å².